The van der Waals surface area contributed by atoms with Crippen LogP contribution < -0.4 is 5.73 Å². The molecule has 0 amide bonds. The molecule has 0 saturated carbocycles. The van der Waals surface area contributed by atoms with Gasteiger partial charge in [0.15, 0.2) is 0 Å². The average molecular weight is 448 g/mol. The Labute approximate surface area is 204 Å². The first-order valence-corrected chi connectivity index (χ1v) is 13.9. The van der Waals surface area contributed by atoms with Crippen molar-refractivity contribution in [2.24, 2.45) is 5.73 Å². The van der Waals surface area contributed by atoms with Crippen LogP contribution in [0, 0.1) is 0 Å². The van der Waals surface area contributed by atoms with Gasteiger partial charge in [-0.25, -0.2) is 0 Å². The van der Waals surface area contributed by atoms with Crippen LogP contribution in [0.3, 0.4) is 0 Å². The Morgan fingerprint density at radius 3 is 0.970 bits per heavy atom. The predicted molar refractivity (Wildman–Crippen MR) is 150 cm³/mol. The first-order valence-electron chi connectivity index (χ1n) is 13.9. The normalized spacial score (nSPS) is 11.0. The molecule has 1 heteroatoms. The van der Waals surface area contributed by atoms with Crippen LogP contribution in [0.4, 0.5) is 0 Å². The lowest BCUT2D eigenvalue weighted by Crippen LogP contribution is -1.97. The van der Waals surface area contributed by atoms with E-state index in [4.69, 9.17) is 5.73 Å². The number of hydrogen-bond donors (Lipinski definition) is 1. The topological polar surface area (TPSA) is 26.0 Å². The largest absolute Gasteiger partial charge is 0.330 e. The first kappa shape index (κ1) is 27.4. The lowest BCUT2D eigenvalue weighted by molar-refractivity contribution is 0.530. The van der Waals surface area contributed by atoms with Gasteiger partial charge in [-0.3, -0.25) is 0 Å². The van der Waals surface area contributed by atoms with E-state index in [9.17, 15) is 0 Å². The van der Waals surface area contributed by atoms with E-state index in [1.54, 1.807) is 0 Å². The first-order chi connectivity index (χ1) is 16.3. The van der Waals surface area contributed by atoms with Crippen molar-refractivity contribution in [3.8, 4) is 0 Å². The highest BCUT2D eigenvalue weighted by atomic mass is 14.5. The maximum absolute atomic E-state index is 5.48. The summed E-state index contributed by atoms with van der Waals surface area (Å²) in [5.74, 6) is 0. The SMILES string of the molecule is CCCCCCCCCCCCCCCCCCN.c1ccc2cc3ccccc3cc2c1. The van der Waals surface area contributed by atoms with Gasteiger partial charge in [0.1, 0.15) is 0 Å². The van der Waals surface area contributed by atoms with Gasteiger partial charge < -0.3 is 5.73 Å². The summed E-state index contributed by atoms with van der Waals surface area (Å²) >= 11 is 0. The third-order valence-corrected chi connectivity index (χ3v) is 6.67. The molecule has 0 atom stereocenters. The molecule has 2 N–H and O–H groups in total. The number of hydrogen-bond acceptors (Lipinski definition) is 1. The fourth-order valence-electron chi connectivity index (χ4n) is 4.58. The molecule has 0 aromatic heterocycles. The molecule has 182 valence electrons. The molecule has 1 nitrogen and oxygen atoms in total. The van der Waals surface area contributed by atoms with Crippen molar-refractivity contribution in [2.45, 2.75) is 110 Å². The molecule has 0 unspecified atom stereocenters. The van der Waals surface area contributed by atoms with Gasteiger partial charge in [-0.1, -0.05) is 152 Å². The zero-order valence-corrected chi connectivity index (χ0v) is 21.4. The monoisotopic (exact) mass is 447 g/mol. The van der Waals surface area contributed by atoms with Crippen LogP contribution in [0.5, 0.6) is 0 Å². The van der Waals surface area contributed by atoms with E-state index >= 15 is 0 Å². The Kier molecular flexibility index (Phi) is 15.4. The molecule has 0 aliphatic heterocycles. The molecule has 3 rings (SSSR count). The van der Waals surface area contributed by atoms with E-state index in [-0.39, 0.29) is 0 Å². The summed E-state index contributed by atoms with van der Waals surface area (Å²) in [6.07, 6.45) is 22.9. The second-order valence-electron chi connectivity index (χ2n) is 9.64. The summed E-state index contributed by atoms with van der Waals surface area (Å²) in [5.41, 5.74) is 5.48. The van der Waals surface area contributed by atoms with E-state index in [0.717, 1.165) is 6.54 Å². The number of fused-ring (bicyclic) bond motifs is 2. The number of nitrogens with two attached hydrogens (primary N) is 1. The molecule has 0 heterocycles. The van der Waals surface area contributed by atoms with Gasteiger partial charge in [-0.2, -0.15) is 0 Å². The highest BCUT2D eigenvalue weighted by Crippen LogP contribution is 2.22. The van der Waals surface area contributed by atoms with E-state index in [2.05, 4.69) is 67.6 Å². The van der Waals surface area contributed by atoms with E-state index in [1.165, 1.54) is 124 Å². The summed E-state index contributed by atoms with van der Waals surface area (Å²) in [6.45, 7) is 3.16. The van der Waals surface area contributed by atoms with Crippen molar-refractivity contribution in [2.75, 3.05) is 6.54 Å². The summed E-state index contributed by atoms with van der Waals surface area (Å²) in [6, 6.07) is 21.4. The lowest BCUT2D eigenvalue weighted by atomic mass is 10.0. The fraction of sp³-hybridized carbons (Fsp3) is 0.562. The Hall–Kier alpha value is -1.86. The minimum atomic E-state index is 0.873. The molecule has 0 saturated heterocycles. The predicted octanol–water partition coefficient (Wildman–Crippen LogP) is 10.2. The Bertz CT molecular complexity index is 732. The minimum absolute atomic E-state index is 0.873. The zero-order valence-electron chi connectivity index (χ0n) is 21.4. The molecule has 0 radical (unpaired) electrons. The van der Waals surface area contributed by atoms with Crippen molar-refractivity contribution in [1.29, 1.82) is 0 Å². The van der Waals surface area contributed by atoms with Gasteiger partial charge >= 0.3 is 0 Å². The van der Waals surface area contributed by atoms with Crippen LogP contribution in [-0.4, -0.2) is 6.54 Å². The lowest BCUT2D eigenvalue weighted by Gasteiger charge is -2.03. The quantitative estimate of drug-likeness (QED) is 0.171. The summed E-state index contributed by atoms with van der Waals surface area (Å²) < 4.78 is 0. The number of unbranched alkanes of at least 4 members (excludes halogenated alkanes) is 15. The van der Waals surface area contributed by atoms with E-state index < -0.39 is 0 Å². The third-order valence-electron chi connectivity index (χ3n) is 6.67. The Morgan fingerprint density at radius 2 is 0.697 bits per heavy atom. The summed E-state index contributed by atoms with van der Waals surface area (Å²) in [5, 5.41) is 5.25. The standard InChI is InChI=1S/C18H39N.C14H10/c1-2-3-4-5-6-7-8-9-10-11-12-13-14-15-16-17-18-19;1-2-6-12-10-14-8-4-3-7-13(14)9-11(12)5-1/h2-19H2,1H3;1-10H. The van der Waals surface area contributed by atoms with Gasteiger partial charge in [0.2, 0.25) is 0 Å². The van der Waals surface area contributed by atoms with Gasteiger partial charge in [-0.05, 0) is 46.6 Å². The van der Waals surface area contributed by atoms with Crippen LogP contribution in [0.2, 0.25) is 0 Å². The van der Waals surface area contributed by atoms with Crippen molar-refractivity contribution in [3.63, 3.8) is 0 Å². The molecular weight excluding hydrogens is 398 g/mol. The Balaban J connectivity index is 0.000000241. The van der Waals surface area contributed by atoms with Crippen molar-refractivity contribution in [1.82, 2.24) is 0 Å². The highest BCUT2D eigenvalue weighted by Gasteiger charge is 1.96. The highest BCUT2D eigenvalue weighted by molar-refractivity contribution is 5.98. The van der Waals surface area contributed by atoms with E-state index in [1.807, 2.05) is 0 Å². The maximum Gasteiger partial charge on any atom is -0.00773 e. The molecule has 33 heavy (non-hydrogen) atoms. The molecule has 0 aliphatic carbocycles. The van der Waals surface area contributed by atoms with Crippen LogP contribution in [0.25, 0.3) is 21.5 Å². The molecule has 3 aromatic rings. The van der Waals surface area contributed by atoms with Crippen LogP contribution in [0.15, 0.2) is 60.7 Å². The van der Waals surface area contributed by atoms with Gasteiger partial charge in [0, 0.05) is 0 Å². The number of rotatable bonds is 16. The third kappa shape index (κ3) is 12.2. The minimum Gasteiger partial charge on any atom is -0.330 e. The van der Waals surface area contributed by atoms with Crippen LogP contribution >= 0.6 is 0 Å². The fourth-order valence-corrected chi connectivity index (χ4v) is 4.58. The molecule has 0 spiro atoms. The van der Waals surface area contributed by atoms with Gasteiger partial charge in [0.25, 0.3) is 0 Å². The van der Waals surface area contributed by atoms with Crippen molar-refractivity contribution in [3.05, 3.63) is 60.7 Å². The maximum atomic E-state index is 5.48. The average Bonchev–Trinajstić information content (AvgIpc) is 2.85. The van der Waals surface area contributed by atoms with Crippen molar-refractivity contribution < 1.29 is 0 Å². The molecule has 0 aliphatic rings. The molecule has 0 fully saturated rings. The second kappa shape index (κ2) is 18.6. The van der Waals surface area contributed by atoms with Gasteiger partial charge in [-0.15, -0.1) is 0 Å². The van der Waals surface area contributed by atoms with Crippen LogP contribution in [0.1, 0.15) is 110 Å². The molecule has 0 bridgehead atoms. The van der Waals surface area contributed by atoms with Crippen molar-refractivity contribution >= 4 is 21.5 Å². The smallest absolute Gasteiger partial charge is 0.00773 e. The second-order valence-corrected chi connectivity index (χ2v) is 9.64. The summed E-state index contributed by atoms with van der Waals surface area (Å²) in [4.78, 5) is 0. The summed E-state index contributed by atoms with van der Waals surface area (Å²) in [7, 11) is 0. The van der Waals surface area contributed by atoms with Crippen LogP contribution in [-0.2, 0) is 0 Å². The zero-order chi connectivity index (χ0) is 23.4. The van der Waals surface area contributed by atoms with E-state index in [0.29, 0.717) is 0 Å². The van der Waals surface area contributed by atoms with Gasteiger partial charge in [0.05, 0.1) is 0 Å². The Morgan fingerprint density at radius 1 is 0.424 bits per heavy atom. The number of benzene rings is 3. The molecule has 3 aromatic carbocycles. The molecular formula is C32H49N.